The summed E-state index contributed by atoms with van der Waals surface area (Å²) < 4.78 is 0. The summed E-state index contributed by atoms with van der Waals surface area (Å²) in [5, 5.41) is 10.3. The van der Waals surface area contributed by atoms with Crippen LogP contribution in [0.3, 0.4) is 0 Å². The Bertz CT molecular complexity index is 240. The van der Waals surface area contributed by atoms with Gasteiger partial charge in [0, 0.05) is 0 Å². The second kappa shape index (κ2) is 3.69. The summed E-state index contributed by atoms with van der Waals surface area (Å²) in [6, 6.07) is 0. The van der Waals surface area contributed by atoms with Gasteiger partial charge in [0.1, 0.15) is 0 Å². The molecule has 2 unspecified atom stereocenters. The van der Waals surface area contributed by atoms with Gasteiger partial charge >= 0.3 is 0 Å². The molecule has 0 aromatic carbocycles. The van der Waals surface area contributed by atoms with E-state index < -0.39 is 0 Å². The molecule has 0 aromatic rings. The first kappa shape index (κ1) is 10.2. The second-order valence-electron chi connectivity index (χ2n) is 5.60. The predicted molar refractivity (Wildman–Crippen MR) is 59.1 cm³/mol. The summed E-state index contributed by atoms with van der Waals surface area (Å²) in [5.41, 5.74) is 1.67. The summed E-state index contributed by atoms with van der Waals surface area (Å²) in [5.74, 6) is 0.506. The monoisotopic (exact) mass is 194 g/mol. The van der Waals surface area contributed by atoms with E-state index >= 15 is 0 Å². The van der Waals surface area contributed by atoms with Gasteiger partial charge in [0.05, 0.1) is 6.10 Å². The molecular formula is C13H22O. The number of hydrogen-bond acceptors (Lipinski definition) is 1. The highest BCUT2D eigenvalue weighted by atomic mass is 16.3. The van der Waals surface area contributed by atoms with Crippen molar-refractivity contribution in [1.82, 2.24) is 0 Å². The minimum atomic E-state index is -0.144. The first-order chi connectivity index (χ1) is 6.61. The number of rotatable bonds is 2. The lowest BCUT2D eigenvalue weighted by molar-refractivity contribution is 0.0790. The van der Waals surface area contributed by atoms with Crippen molar-refractivity contribution in [2.45, 2.75) is 58.5 Å². The fraction of sp³-hybridized carbons (Fsp3) is 0.846. The largest absolute Gasteiger partial charge is 0.388 e. The van der Waals surface area contributed by atoms with E-state index in [9.17, 15) is 5.11 Å². The van der Waals surface area contributed by atoms with Crippen molar-refractivity contribution < 1.29 is 5.11 Å². The Morgan fingerprint density at radius 3 is 2.71 bits per heavy atom. The highest BCUT2D eigenvalue weighted by molar-refractivity contribution is 5.15. The van der Waals surface area contributed by atoms with Gasteiger partial charge in [0.25, 0.3) is 0 Å². The van der Waals surface area contributed by atoms with Crippen LogP contribution in [0.15, 0.2) is 11.6 Å². The molecule has 2 aliphatic carbocycles. The SMILES string of the molecule is CC1(C)CCCC1C(O)C1=CCCC1. The van der Waals surface area contributed by atoms with Gasteiger partial charge in [0.2, 0.25) is 0 Å². The molecule has 14 heavy (non-hydrogen) atoms. The average Bonchev–Trinajstić information content (AvgIpc) is 2.71. The quantitative estimate of drug-likeness (QED) is 0.669. The molecule has 0 saturated heterocycles. The van der Waals surface area contributed by atoms with E-state index in [4.69, 9.17) is 0 Å². The molecule has 0 aliphatic heterocycles. The van der Waals surface area contributed by atoms with Crippen molar-refractivity contribution in [3.63, 3.8) is 0 Å². The molecule has 80 valence electrons. The van der Waals surface area contributed by atoms with Gasteiger partial charge in [-0.15, -0.1) is 0 Å². The van der Waals surface area contributed by atoms with Crippen LogP contribution in [-0.2, 0) is 0 Å². The Kier molecular flexibility index (Phi) is 2.70. The maximum atomic E-state index is 10.3. The molecule has 2 rings (SSSR count). The number of aliphatic hydroxyl groups excluding tert-OH is 1. The number of aliphatic hydroxyl groups is 1. The van der Waals surface area contributed by atoms with E-state index in [1.165, 1.54) is 37.7 Å². The number of allylic oxidation sites excluding steroid dienone is 1. The molecule has 0 heterocycles. The third-order valence-electron chi connectivity index (χ3n) is 4.18. The maximum absolute atomic E-state index is 10.3. The van der Waals surface area contributed by atoms with Crippen molar-refractivity contribution in [2.24, 2.45) is 11.3 Å². The lowest BCUT2D eigenvalue weighted by Gasteiger charge is -2.31. The normalized spacial score (nSPS) is 33.1. The smallest absolute Gasteiger partial charge is 0.0783 e. The van der Waals surface area contributed by atoms with Crippen molar-refractivity contribution in [2.75, 3.05) is 0 Å². The fourth-order valence-corrected chi connectivity index (χ4v) is 3.16. The highest BCUT2D eigenvalue weighted by Gasteiger charge is 2.40. The van der Waals surface area contributed by atoms with Gasteiger partial charge in [-0.05, 0) is 49.0 Å². The van der Waals surface area contributed by atoms with Crippen molar-refractivity contribution in [1.29, 1.82) is 0 Å². The van der Waals surface area contributed by atoms with Crippen LogP contribution in [0.1, 0.15) is 52.4 Å². The van der Waals surface area contributed by atoms with Gasteiger partial charge in [0.15, 0.2) is 0 Å². The van der Waals surface area contributed by atoms with E-state index in [1.54, 1.807) is 0 Å². The van der Waals surface area contributed by atoms with Gasteiger partial charge in [-0.1, -0.05) is 26.3 Å². The highest BCUT2D eigenvalue weighted by Crippen LogP contribution is 2.46. The third kappa shape index (κ3) is 1.75. The lowest BCUT2D eigenvalue weighted by Crippen LogP contribution is -2.30. The number of hydrogen-bond donors (Lipinski definition) is 1. The molecular weight excluding hydrogens is 172 g/mol. The Morgan fingerprint density at radius 1 is 1.43 bits per heavy atom. The van der Waals surface area contributed by atoms with Crippen LogP contribution in [0.2, 0.25) is 0 Å². The van der Waals surface area contributed by atoms with Gasteiger partial charge in [-0.2, -0.15) is 0 Å². The molecule has 1 N–H and O–H groups in total. The first-order valence-electron chi connectivity index (χ1n) is 5.98. The van der Waals surface area contributed by atoms with Crippen LogP contribution >= 0.6 is 0 Å². The van der Waals surface area contributed by atoms with Crippen molar-refractivity contribution in [3.05, 3.63) is 11.6 Å². The molecule has 0 aromatic heterocycles. The van der Waals surface area contributed by atoms with Gasteiger partial charge in [-0.3, -0.25) is 0 Å². The topological polar surface area (TPSA) is 20.2 Å². The lowest BCUT2D eigenvalue weighted by atomic mass is 9.76. The Labute approximate surface area is 87.2 Å². The van der Waals surface area contributed by atoms with Gasteiger partial charge < -0.3 is 5.11 Å². The minimum absolute atomic E-state index is 0.144. The standard InChI is InChI=1S/C13H22O/c1-13(2)9-5-8-11(13)12(14)10-6-3-4-7-10/h6,11-12,14H,3-5,7-9H2,1-2H3. The summed E-state index contributed by atoms with van der Waals surface area (Å²) in [7, 11) is 0. The Balaban J connectivity index is 2.07. The van der Waals surface area contributed by atoms with Crippen LogP contribution in [0.5, 0.6) is 0 Å². The molecule has 0 amide bonds. The summed E-state index contributed by atoms with van der Waals surface area (Å²) >= 11 is 0. The zero-order valence-electron chi connectivity index (χ0n) is 9.42. The summed E-state index contributed by atoms with van der Waals surface area (Å²) in [6.07, 6.45) is 9.47. The van der Waals surface area contributed by atoms with Crippen LogP contribution < -0.4 is 0 Å². The summed E-state index contributed by atoms with van der Waals surface area (Å²) in [4.78, 5) is 0. The molecule has 1 saturated carbocycles. The minimum Gasteiger partial charge on any atom is -0.388 e. The molecule has 0 radical (unpaired) electrons. The maximum Gasteiger partial charge on any atom is 0.0783 e. The molecule has 1 heteroatoms. The molecule has 0 bridgehead atoms. The molecule has 0 spiro atoms. The van der Waals surface area contributed by atoms with E-state index in [0.29, 0.717) is 11.3 Å². The fourth-order valence-electron chi connectivity index (χ4n) is 3.16. The zero-order valence-corrected chi connectivity index (χ0v) is 9.42. The zero-order chi connectivity index (χ0) is 10.2. The van der Waals surface area contributed by atoms with Crippen LogP contribution in [0.25, 0.3) is 0 Å². The molecule has 2 aliphatic rings. The molecule has 1 nitrogen and oxygen atoms in total. The molecule has 2 atom stereocenters. The van der Waals surface area contributed by atoms with E-state index in [2.05, 4.69) is 19.9 Å². The summed E-state index contributed by atoms with van der Waals surface area (Å²) in [6.45, 7) is 4.62. The Hall–Kier alpha value is -0.300. The predicted octanol–water partition coefficient (Wildman–Crippen LogP) is 3.28. The van der Waals surface area contributed by atoms with E-state index in [1.807, 2.05) is 0 Å². The Morgan fingerprint density at radius 2 is 2.21 bits per heavy atom. The van der Waals surface area contributed by atoms with Crippen LogP contribution in [0, 0.1) is 11.3 Å². The average molecular weight is 194 g/mol. The van der Waals surface area contributed by atoms with Crippen molar-refractivity contribution >= 4 is 0 Å². The molecule has 1 fully saturated rings. The third-order valence-corrected chi connectivity index (χ3v) is 4.18. The second-order valence-corrected chi connectivity index (χ2v) is 5.60. The van der Waals surface area contributed by atoms with Crippen LogP contribution in [-0.4, -0.2) is 11.2 Å². The van der Waals surface area contributed by atoms with E-state index in [-0.39, 0.29) is 6.10 Å². The first-order valence-corrected chi connectivity index (χ1v) is 5.98. The van der Waals surface area contributed by atoms with Crippen LogP contribution in [0.4, 0.5) is 0 Å². The van der Waals surface area contributed by atoms with Crippen molar-refractivity contribution in [3.8, 4) is 0 Å². The van der Waals surface area contributed by atoms with E-state index in [0.717, 1.165) is 6.42 Å². The van der Waals surface area contributed by atoms with Gasteiger partial charge in [-0.25, -0.2) is 0 Å².